The first-order chi connectivity index (χ1) is 25.3. The summed E-state index contributed by atoms with van der Waals surface area (Å²) in [5.74, 6) is 0. The van der Waals surface area contributed by atoms with Gasteiger partial charge in [0.1, 0.15) is 0 Å². The predicted octanol–water partition coefficient (Wildman–Crippen LogP) is 12.0. The fourth-order valence-corrected chi connectivity index (χ4v) is 10.1. The van der Waals surface area contributed by atoms with Crippen LogP contribution < -0.4 is 0 Å². The highest BCUT2D eigenvalue weighted by molar-refractivity contribution is 6.09. The first kappa shape index (κ1) is 27.4. The van der Waals surface area contributed by atoms with Crippen molar-refractivity contribution < 1.29 is 0 Å². The van der Waals surface area contributed by atoms with Crippen molar-refractivity contribution in [3.8, 4) is 33.6 Å². The highest BCUT2D eigenvalue weighted by atomic mass is 15.0. The lowest BCUT2D eigenvalue weighted by atomic mass is 9.70. The number of aryl methyl sites for hydroxylation is 1. The van der Waals surface area contributed by atoms with Crippen molar-refractivity contribution in [3.05, 3.63) is 197 Å². The number of rotatable bonds is 2. The van der Waals surface area contributed by atoms with Crippen molar-refractivity contribution in [2.24, 2.45) is 0 Å². The first-order valence-electron chi connectivity index (χ1n) is 18.1. The molecule has 1 spiro atoms. The van der Waals surface area contributed by atoms with E-state index in [1.54, 1.807) is 0 Å². The number of benzene rings is 7. The summed E-state index contributed by atoms with van der Waals surface area (Å²) in [6.45, 7) is 0. The molecule has 0 radical (unpaired) electrons. The standard InChI is InChI=1S/C49H32N2/c1-7-19-41-33(13-1)34-14-2-8-20-42(34)49(41)43-29-31(50-45-21-9-3-15-37(45)38-16-4-10-22-46(38)50)25-27-35(43)36-28-26-32(30-44(36)49)51-47-23-11-5-17-39(47)40-18-6-12-24-48(40)51/h1-5,7-17,19-30H,6,18H2. The number of aromatic nitrogens is 2. The van der Waals surface area contributed by atoms with Crippen LogP contribution in [-0.4, -0.2) is 9.13 Å². The van der Waals surface area contributed by atoms with Gasteiger partial charge in [0.15, 0.2) is 0 Å². The summed E-state index contributed by atoms with van der Waals surface area (Å²) in [6, 6.07) is 59.3. The monoisotopic (exact) mass is 648 g/mol. The Morgan fingerprint density at radius 2 is 0.882 bits per heavy atom. The second kappa shape index (κ2) is 9.87. The van der Waals surface area contributed by atoms with Gasteiger partial charge in [0.25, 0.3) is 0 Å². The number of hydrogen-bond donors (Lipinski definition) is 0. The van der Waals surface area contributed by atoms with Crippen LogP contribution in [0, 0.1) is 0 Å². The number of nitrogens with zero attached hydrogens (tertiary/aromatic N) is 2. The number of hydrogen-bond acceptors (Lipinski definition) is 0. The molecule has 12 rings (SSSR count). The van der Waals surface area contributed by atoms with Crippen LogP contribution in [0.2, 0.25) is 0 Å². The Kier molecular flexibility index (Phi) is 5.31. The molecule has 0 unspecified atom stereocenters. The molecule has 0 saturated heterocycles. The third-order valence-electron chi connectivity index (χ3n) is 12.0. The van der Waals surface area contributed by atoms with Crippen molar-refractivity contribution in [2.75, 3.05) is 0 Å². The minimum absolute atomic E-state index is 0.457. The van der Waals surface area contributed by atoms with Crippen LogP contribution in [0.25, 0.3) is 72.4 Å². The zero-order valence-corrected chi connectivity index (χ0v) is 28.0. The number of fused-ring (bicyclic) bond motifs is 16. The van der Waals surface area contributed by atoms with Gasteiger partial charge in [-0.05, 0) is 111 Å². The largest absolute Gasteiger partial charge is 0.310 e. The van der Waals surface area contributed by atoms with Gasteiger partial charge in [-0.2, -0.15) is 0 Å². The fourth-order valence-electron chi connectivity index (χ4n) is 10.1. The van der Waals surface area contributed by atoms with E-state index in [2.05, 4.69) is 179 Å². The van der Waals surface area contributed by atoms with Crippen LogP contribution in [0.4, 0.5) is 0 Å². The second-order valence-electron chi connectivity index (χ2n) is 14.3. The van der Waals surface area contributed by atoms with Crippen LogP contribution in [0.15, 0.2) is 164 Å². The van der Waals surface area contributed by atoms with Gasteiger partial charge >= 0.3 is 0 Å². The molecule has 2 nitrogen and oxygen atoms in total. The van der Waals surface area contributed by atoms with Crippen molar-refractivity contribution in [3.63, 3.8) is 0 Å². The van der Waals surface area contributed by atoms with E-state index < -0.39 is 5.41 Å². The number of para-hydroxylation sites is 3. The minimum atomic E-state index is -0.457. The summed E-state index contributed by atoms with van der Waals surface area (Å²) in [4.78, 5) is 0. The lowest BCUT2D eigenvalue weighted by molar-refractivity contribution is 0.791. The quantitative estimate of drug-likeness (QED) is 0.177. The number of allylic oxidation sites excluding steroid dienone is 1. The van der Waals surface area contributed by atoms with Gasteiger partial charge in [-0.3, -0.25) is 0 Å². The van der Waals surface area contributed by atoms with Crippen molar-refractivity contribution in [2.45, 2.75) is 18.3 Å². The van der Waals surface area contributed by atoms with E-state index in [1.165, 1.54) is 99.8 Å². The van der Waals surface area contributed by atoms with Gasteiger partial charge in [0, 0.05) is 33.2 Å². The molecule has 7 aromatic carbocycles. The van der Waals surface area contributed by atoms with Crippen LogP contribution >= 0.6 is 0 Å². The van der Waals surface area contributed by atoms with E-state index >= 15 is 0 Å². The highest BCUT2D eigenvalue weighted by Gasteiger charge is 2.52. The Hall–Kier alpha value is -6.38. The molecule has 0 bridgehead atoms. The smallest absolute Gasteiger partial charge is 0.0727 e. The molecular formula is C49H32N2. The molecule has 2 aromatic heterocycles. The van der Waals surface area contributed by atoms with Gasteiger partial charge < -0.3 is 9.13 Å². The second-order valence-corrected chi connectivity index (χ2v) is 14.3. The van der Waals surface area contributed by atoms with Crippen LogP contribution in [0.5, 0.6) is 0 Å². The maximum absolute atomic E-state index is 2.52. The van der Waals surface area contributed by atoms with Crippen molar-refractivity contribution in [1.82, 2.24) is 9.13 Å². The highest BCUT2D eigenvalue weighted by Crippen LogP contribution is 2.63. The maximum atomic E-state index is 2.52. The first-order valence-corrected chi connectivity index (χ1v) is 18.1. The Morgan fingerprint density at radius 3 is 1.49 bits per heavy atom. The average molecular weight is 649 g/mol. The van der Waals surface area contributed by atoms with Crippen molar-refractivity contribution >= 4 is 38.8 Å². The zero-order chi connectivity index (χ0) is 33.3. The summed E-state index contributed by atoms with van der Waals surface area (Å²) in [5, 5.41) is 3.93. The Labute approximate surface area is 296 Å². The van der Waals surface area contributed by atoms with E-state index in [0.29, 0.717) is 0 Å². The normalized spacial score (nSPS) is 14.6. The summed E-state index contributed by atoms with van der Waals surface area (Å²) in [7, 11) is 0. The Balaban J connectivity index is 1.19. The molecule has 51 heavy (non-hydrogen) atoms. The molecule has 0 N–H and O–H groups in total. The third-order valence-corrected chi connectivity index (χ3v) is 12.0. The third kappa shape index (κ3) is 3.38. The molecule has 2 heterocycles. The summed E-state index contributed by atoms with van der Waals surface area (Å²) in [5.41, 5.74) is 19.2. The average Bonchev–Trinajstić information content (AvgIpc) is 3.90. The van der Waals surface area contributed by atoms with Gasteiger partial charge in [-0.1, -0.05) is 121 Å². The summed E-state index contributed by atoms with van der Waals surface area (Å²) < 4.78 is 4.97. The van der Waals surface area contributed by atoms with E-state index in [0.717, 1.165) is 12.8 Å². The van der Waals surface area contributed by atoms with Crippen LogP contribution in [0.1, 0.15) is 39.9 Å². The fraction of sp³-hybridized carbons (Fsp3) is 0.0612. The van der Waals surface area contributed by atoms with Gasteiger partial charge in [0.2, 0.25) is 0 Å². The minimum Gasteiger partial charge on any atom is -0.310 e. The van der Waals surface area contributed by atoms with Crippen molar-refractivity contribution in [1.29, 1.82) is 0 Å². The van der Waals surface area contributed by atoms with Crippen LogP contribution in [0.3, 0.4) is 0 Å². The molecule has 0 fully saturated rings. The molecule has 0 atom stereocenters. The SMILES string of the molecule is C1=Cc2c(c3ccccc3n2-c2ccc3c(c2)C2(c4ccccc4-c4ccccc42)c2cc(-n4c5ccccc5c5ccccc54)ccc2-3)CC1. The molecule has 0 saturated carbocycles. The van der Waals surface area contributed by atoms with Gasteiger partial charge in [-0.25, -0.2) is 0 Å². The lowest BCUT2D eigenvalue weighted by Crippen LogP contribution is -2.26. The maximum Gasteiger partial charge on any atom is 0.0727 e. The molecule has 3 aliphatic carbocycles. The molecule has 0 aliphatic heterocycles. The van der Waals surface area contributed by atoms with E-state index in [9.17, 15) is 0 Å². The molecule has 2 heteroatoms. The summed E-state index contributed by atoms with van der Waals surface area (Å²) >= 11 is 0. The Morgan fingerprint density at radius 1 is 0.412 bits per heavy atom. The van der Waals surface area contributed by atoms with E-state index in [-0.39, 0.29) is 0 Å². The molecule has 0 amide bonds. The zero-order valence-electron chi connectivity index (χ0n) is 28.0. The van der Waals surface area contributed by atoms with E-state index in [1.807, 2.05) is 0 Å². The molecule has 3 aliphatic rings. The van der Waals surface area contributed by atoms with Gasteiger partial charge in [-0.15, -0.1) is 0 Å². The van der Waals surface area contributed by atoms with E-state index in [4.69, 9.17) is 0 Å². The van der Waals surface area contributed by atoms with Gasteiger partial charge in [0.05, 0.1) is 22.0 Å². The lowest BCUT2D eigenvalue weighted by Gasteiger charge is -2.31. The summed E-state index contributed by atoms with van der Waals surface area (Å²) in [6.07, 6.45) is 6.84. The molecule has 238 valence electrons. The topological polar surface area (TPSA) is 9.86 Å². The molecule has 9 aromatic rings. The Bertz CT molecular complexity index is 2880. The molecular weight excluding hydrogens is 617 g/mol. The predicted molar refractivity (Wildman–Crippen MR) is 211 cm³/mol. The van der Waals surface area contributed by atoms with Crippen LogP contribution in [-0.2, 0) is 11.8 Å².